The third-order valence-electron chi connectivity index (χ3n) is 4.82. The monoisotopic (exact) mass is 395 g/mol. The van der Waals surface area contributed by atoms with Crippen LogP contribution in [0.2, 0.25) is 0 Å². The fraction of sp³-hybridized carbons (Fsp3) is 0.632. The van der Waals surface area contributed by atoms with Crippen LogP contribution in [0.15, 0.2) is 9.95 Å². The third-order valence-corrected chi connectivity index (χ3v) is 6.73. The van der Waals surface area contributed by atoms with Crippen LogP contribution in [0.25, 0.3) is 10.2 Å². The van der Waals surface area contributed by atoms with Crippen LogP contribution >= 0.6 is 23.1 Å². The van der Waals surface area contributed by atoms with Crippen LogP contribution in [0.1, 0.15) is 51.5 Å². The summed E-state index contributed by atoms with van der Waals surface area (Å²) in [4.78, 5) is 34.0. The lowest BCUT2D eigenvalue weighted by Crippen LogP contribution is -2.37. The highest BCUT2D eigenvalue weighted by Crippen LogP contribution is 2.30. The Bertz CT molecular complexity index is 826. The molecule has 5 nitrogen and oxygen atoms in total. The molecule has 7 heteroatoms. The van der Waals surface area contributed by atoms with Crippen molar-refractivity contribution in [3.63, 3.8) is 0 Å². The van der Waals surface area contributed by atoms with E-state index in [1.165, 1.54) is 11.8 Å². The van der Waals surface area contributed by atoms with E-state index in [-0.39, 0.29) is 23.3 Å². The van der Waals surface area contributed by atoms with Gasteiger partial charge in [-0.05, 0) is 37.7 Å². The number of carbonyl (C=O) groups is 1. The van der Waals surface area contributed by atoms with Crippen molar-refractivity contribution in [2.24, 2.45) is 11.8 Å². The molecule has 2 heterocycles. The van der Waals surface area contributed by atoms with Crippen LogP contribution in [0.5, 0.6) is 0 Å². The molecule has 1 amide bonds. The van der Waals surface area contributed by atoms with Crippen LogP contribution in [-0.2, 0) is 11.2 Å². The Hall–Kier alpha value is -1.34. The molecular weight excluding hydrogens is 366 g/mol. The van der Waals surface area contributed by atoms with Crippen molar-refractivity contribution in [1.29, 1.82) is 0 Å². The van der Waals surface area contributed by atoms with E-state index in [1.54, 1.807) is 11.3 Å². The van der Waals surface area contributed by atoms with Crippen LogP contribution in [-0.4, -0.2) is 27.7 Å². The predicted molar refractivity (Wildman–Crippen MR) is 111 cm³/mol. The molecule has 0 saturated heterocycles. The number of nitrogens with one attached hydrogen (secondary N) is 2. The second-order valence-electron chi connectivity index (χ2n) is 7.29. The first-order valence-electron chi connectivity index (χ1n) is 9.17. The zero-order valence-electron chi connectivity index (χ0n) is 16.4. The number of rotatable bonds is 8. The molecule has 0 spiro atoms. The summed E-state index contributed by atoms with van der Waals surface area (Å²) in [5.41, 5.74) is 1.02. The van der Waals surface area contributed by atoms with Gasteiger partial charge in [-0.3, -0.25) is 9.59 Å². The number of aryl methyl sites for hydroxylation is 1. The number of aromatic nitrogens is 2. The number of thiophene rings is 1. The Morgan fingerprint density at radius 1 is 1.31 bits per heavy atom. The molecule has 0 radical (unpaired) electrons. The van der Waals surface area contributed by atoms with Gasteiger partial charge in [0.15, 0.2) is 5.16 Å². The molecule has 2 aromatic rings. The normalized spacial score (nSPS) is 14.0. The van der Waals surface area contributed by atoms with E-state index in [0.29, 0.717) is 17.0 Å². The predicted octanol–water partition coefficient (Wildman–Crippen LogP) is 4.13. The van der Waals surface area contributed by atoms with Crippen LogP contribution in [0.3, 0.4) is 0 Å². The summed E-state index contributed by atoms with van der Waals surface area (Å²) < 4.78 is 0. The Morgan fingerprint density at radius 2 is 2.00 bits per heavy atom. The number of aromatic amines is 1. The Balaban J connectivity index is 2.16. The van der Waals surface area contributed by atoms with Gasteiger partial charge in [-0.2, -0.15) is 0 Å². The van der Waals surface area contributed by atoms with E-state index in [4.69, 9.17) is 0 Å². The van der Waals surface area contributed by atoms with Crippen molar-refractivity contribution in [2.75, 3.05) is 5.75 Å². The molecular formula is C19H29N3O2S2. The highest BCUT2D eigenvalue weighted by molar-refractivity contribution is 7.99. The molecule has 26 heavy (non-hydrogen) atoms. The lowest BCUT2D eigenvalue weighted by atomic mass is 9.98. The van der Waals surface area contributed by atoms with Crippen molar-refractivity contribution < 1.29 is 4.79 Å². The molecule has 0 unspecified atom stereocenters. The van der Waals surface area contributed by atoms with Crippen molar-refractivity contribution >= 4 is 39.2 Å². The summed E-state index contributed by atoms with van der Waals surface area (Å²) in [5.74, 6) is 1.12. The molecule has 2 aromatic heterocycles. The minimum Gasteiger partial charge on any atom is -0.353 e. The maximum absolute atomic E-state index is 12.6. The van der Waals surface area contributed by atoms with E-state index in [9.17, 15) is 9.59 Å². The van der Waals surface area contributed by atoms with E-state index in [0.717, 1.165) is 33.5 Å². The van der Waals surface area contributed by atoms with E-state index in [2.05, 4.69) is 49.9 Å². The first-order valence-corrected chi connectivity index (χ1v) is 11.0. The summed E-state index contributed by atoms with van der Waals surface area (Å²) in [6, 6.07) is 0.126. The number of hydrogen-bond donors (Lipinski definition) is 2. The standard InChI is InChI=1S/C19H29N3O2S2/c1-7-11(4)8-14-13(6)26-18-16(14)17(24)21-19(22-18)25-9-15(23)20-12(5)10(2)3/h10-12H,7-9H2,1-6H3,(H,20,23)(H,21,22,24)/t11-,12+/m0/s1. The van der Waals surface area contributed by atoms with E-state index >= 15 is 0 Å². The van der Waals surface area contributed by atoms with Crippen molar-refractivity contribution in [1.82, 2.24) is 15.3 Å². The second-order valence-corrected chi connectivity index (χ2v) is 9.46. The van der Waals surface area contributed by atoms with E-state index < -0.39 is 0 Å². The SMILES string of the molecule is CC[C@H](C)Cc1c(C)sc2nc(SCC(=O)N[C@H](C)C(C)C)[nH]c(=O)c12. The summed E-state index contributed by atoms with van der Waals surface area (Å²) in [7, 11) is 0. The minimum absolute atomic E-state index is 0.0428. The Labute approximate surface area is 163 Å². The minimum atomic E-state index is -0.101. The van der Waals surface area contributed by atoms with Crippen molar-refractivity contribution in [3.05, 3.63) is 20.8 Å². The molecule has 0 fully saturated rings. The maximum atomic E-state index is 12.6. The zero-order chi connectivity index (χ0) is 19.4. The molecule has 144 valence electrons. The van der Waals surface area contributed by atoms with Gasteiger partial charge in [0.1, 0.15) is 4.83 Å². The van der Waals surface area contributed by atoms with Gasteiger partial charge in [0, 0.05) is 10.9 Å². The largest absolute Gasteiger partial charge is 0.353 e. The van der Waals surface area contributed by atoms with Gasteiger partial charge in [-0.15, -0.1) is 11.3 Å². The maximum Gasteiger partial charge on any atom is 0.260 e. The number of carbonyl (C=O) groups excluding carboxylic acids is 1. The molecule has 0 bridgehead atoms. The number of fused-ring (bicyclic) bond motifs is 1. The molecule has 0 saturated carbocycles. The smallest absolute Gasteiger partial charge is 0.260 e. The highest BCUT2D eigenvalue weighted by Gasteiger charge is 2.17. The highest BCUT2D eigenvalue weighted by atomic mass is 32.2. The first-order chi connectivity index (χ1) is 12.2. The summed E-state index contributed by atoms with van der Waals surface area (Å²) in [5, 5.41) is 4.19. The average Bonchev–Trinajstić information content (AvgIpc) is 2.88. The quantitative estimate of drug-likeness (QED) is 0.520. The molecule has 2 atom stereocenters. The van der Waals surface area contributed by atoms with Crippen molar-refractivity contribution in [3.8, 4) is 0 Å². The zero-order valence-corrected chi connectivity index (χ0v) is 18.1. The van der Waals surface area contributed by atoms with Gasteiger partial charge in [-0.25, -0.2) is 4.98 Å². The number of thioether (sulfide) groups is 1. The number of nitrogens with zero attached hydrogens (tertiary/aromatic N) is 1. The van der Waals surface area contributed by atoms with Gasteiger partial charge < -0.3 is 10.3 Å². The van der Waals surface area contributed by atoms with Gasteiger partial charge in [0.05, 0.1) is 11.1 Å². The van der Waals surface area contributed by atoms with Crippen LogP contribution in [0.4, 0.5) is 0 Å². The van der Waals surface area contributed by atoms with Gasteiger partial charge in [-0.1, -0.05) is 45.9 Å². The second kappa shape index (κ2) is 9.04. The van der Waals surface area contributed by atoms with E-state index in [1.807, 2.05) is 6.92 Å². The fourth-order valence-corrected chi connectivity index (χ4v) is 4.34. The summed E-state index contributed by atoms with van der Waals surface area (Å²) in [6.07, 6.45) is 1.98. The average molecular weight is 396 g/mol. The Kier molecular flexibility index (Phi) is 7.29. The fourth-order valence-electron chi connectivity index (χ4n) is 2.56. The summed E-state index contributed by atoms with van der Waals surface area (Å²) in [6.45, 7) is 12.6. The lowest BCUT2D eigenvalue weighted by Gasteiger charge is -2.17. The molecule has 0 aliphatic rings. The van der Waals surface area contributed by atoms with Gasteiger partial charge in [0.25, 0.3) is 5.56 Å². The molecule has 0 aliphatic carbocycles. The van der Waals surface area contributed by atoms with Gasteiger partial charge in [0.2, 0.25) is 5.91 Å². The first kappa shape index (κ1) is 21.0. The number of H-pyrrole nitrogens is 1. The molecule has 0 aliphatic heterocycles. The Morgan fingerprint density at radius 3 is 2.62 bits per heavy atom. The summed E-state index contributed by atoms with van der Waals surface area (Å²) >= 11 is 2.84. The number of hydrogen-bond acceptors (Lipinski definition) is 5. The van der Waals surface area contributed by atoms with Crippen LogP contribution < -0.4 is 10.9 Å². The molecule has 2 rings (SSSR count). The topological polar surface area (TPSA) is 74.8 Å². The third kappa shape index (κ3) is 5.10. The van der Waals surface area contributed by atoms with Crippen LogP contribution in [0, 0.1) is 18.8 Å². The van der Waals surface area contributed by atoms with Gasteiger partial charge >= 0.3 is 0 Å². The number of amides is 1. The molecule has 2 N–H and O–H groups in total. The molecule has 0 aromatic carbocycles. The lowest BCUT2D eigenvalue weighted by molar-refractivity contribution is -0.119. The van der Waals surface area contributed by atoms with Crippen molar-refractivity contribution in [2.45, 2.75) is 65.6 Å².